The molecule has 0 saturated carbocycles. The highest BCUT2D eigenvalue weighted by Gasteiger charge is 2.54. The lowest BCUT2D eigenvalue weighted by Gasteiger charge is -2.58. The van der Waals surface area contributed by atoms with E-state index >= 15 is 0 Å². The summed E-state index contributed by atoms with van der Waals surface area (Å²) in [5.74, 6) is 0. The number of benzene rings is 1. The van der Waals surface area contributed by atoms with Crippen molar-refractivity contribution in [3.63, 3.8) is 0 Å². The summed E-state index contributed by atoms with van der Waals surface area (Å²) in [5, 5.41) is 13.9. The first-order chi connectivity index (χ1) is 10.00. The predicted molar refractivity (Wildman–Crippen MR) is 83.2 cm³/mol. The standard InChI is InChI=1S/C15H18Cl2N2O2/c16-11-5-10(6-12(17)8-11)7-13-15(1-3-18-4-2-15)9-19(13)14(20)21/h5-6,8,13,18H,1-4,7,9H2,(H,20,21). The Balaban J connectivity index is 1.83. The Morgan fingerprint density at radius 2 is 1.90 bits per heavy atom. The Kier molecular flexibility index (Phi) is 4.04. The molecule has 1 aromatic carbocycles. The second kappa shape index (κ2) is 5.67. The van der Waals surface area contributed by atoms with Gasteiger partial charge < -0.3 is 15.3 Å². The molecule has 1 unspecified atom stereocenters. The molecule has 1 aromatic rings. The first kappa shape index (κ1) is 14.9. The third-order valence-electron chi connectivity index (χ3n) is 4.76. The zero-order chi connectivity index (χ0) is 15.0. The van der Waals surface area contributed by atoms with Gasteiger partial charge in [-0.15, -0.1) is 0 Å². The van der Waals surface area contributed by atoms with Crippen LogP contribution in [0.25, 0.3) is 0 Å². The number of likely N-dealkylation sites (tertiary alicyclic amines) is 1. The molecule has 1 spiro atoms. The van der Waals surface area contributed by atoms with Crippen LogP contribution in [0.1, 0.15) is 18.4 Å². The van der Waals surface area contributed by atoms with E-state index in [9.17, 15) is 9.90 Å². The van der Waals surface area contributed by atoms with Crippen LogP contribution in [0, 0.1) is 5.41 Å². The number of nitrogens with one attached hydrogen (secondary N) is 1. The molecule has 6 heteroatoms. The van der Waals surface area contributed by atoms with Crippen LogP contribution in [-0.2, 0) is 6.42 Å². The summed E-state index contributed by atoms with van der Waals surface area (Å²) in [5.41, 5.74) is 1.11. The van der Waals surface area contributed by atoms with Crippen LogP contribution in [0.5, 0.6) is 0 Å². The van der Waals surface area contributed by atoms with E-state index in [4.69, 9.17) is 23.2 Å². The molecule has 0 aromatic heterocycles. The van der Waals surface area contributed by atoms with Crippen LogP contribution in [0.2, 0.25) is 10.0 Å². The molecule has 114 valence electrons. The largest absolute Gasteiger partial charge is 0.465 e. The van der Waals surface area contributed by atoms with Gasteiger partial charge in [-0.05, 0) is 56.1 Å². The monoisotopic (exact) mass is 328 g/mol. The number of nitrogens with zero attached hydrogens (tertiary/aromatic N) is 1. The Bertz CT molecular complexity index is 538. The van der Waals surface area contributed by atoms with Crippen molar-refractivity contribution in [2.75, 3.05) is 19.6 Å². The fourth-order valence-electron chi connectivity index (χ4n) is 3.67. The third kappa shape index (κ3) is 2.85. The van der Waals surface area contributed by atoms with Crippen LogP contribution in [-0.4, -0.2) is 41.8 Å². The minimum atomic E-state index is -0.836. The molecule has 0 aliphatic carbocycles. The number of piperidine rings is 1. The fraction of sp³-hybridized carbons (Fsp3) is 0.533. The topological polar surface area (TPSA) is 52.6 Å². The fourth-order valence-corrected chi connectivity index (χ4v) is 4.24. The van der Waals surface area contributed by atoms with Crippen molar-refractivity contribution in [1.29, 1.82) is 0 Å². The Morgan fingerprint density at radius 3 is 2.48 bits per heavy atom. The van der Waals surface area contributed by atoms with Crippen molar-refractivity contribution in [2.45, 2.75) is 25.3 Å². The van der Waals surface area contributed by atoms with Crippen LogP contribution in [0.4, 0.5) is 4.79 Å². The van der Waals surface area contributed by atoms with Crippen molar-refractivity contribution in [3.8, 4) is 0 Å². The van der Waals surface area contributed by atoms with Gasteiger partial charge in [0.15, 0.2) is 0 Å². The first-order valence-electron chi connectivity index (χ1n) is 7.15. The predicted octanol–water partition coefficient (Wildman–Crippen LogP) is 3.27. The van der Waals surface area contributed by atoms with E-state index in [1.54, 1.807) is 11.0 Å². The number of hydrogen-bond acceptors (Lipinski definition) is 2. The van der Waals surface area contributed by atoms with E-state index < -0.39 is 6.09 Å². The maximum absolute atomic E-state index is 11.4. The lowest BCUT2D eigenvalue weighted by atomic mass is 9.64. The lowest BCUT2D eigenvalue weighted by Crippen LogP contribution is -2.69. The van der Waals surface area contributed by atoms with Gasteiger partial charge in [0.05, 0.1) is 0 Å². The smallest absolute Gasteiger partial charge is 0.407 e. The second-order valence-corrected chi connectivity index (χ2v) is 6.89. The Morgan fingerprint density at radius 1 is 1.29 bits per heavy atom. The van der Waals surface area contributed by atoms with E-state index in [0.717, 1.165) is 31.5 Å². The van der Waals surface area contributed by atoms with Crippen molar-refractivity contribution in [1.82, 2.24) is 10.2 Å². The minimum absolute atomic E-state index is 0.0200. The van der Waals surface area contributed by atoms with Gasteiger partial charge in [-0.25, -0.2) is 4.79 Å². The molecule has 0 bridgehead atoms. The number of carboxylic acid groups (broad SMARTS) is 1. The van der Waals surface area contributed by atoms with E-state index in [1.165, 1.54) is 0 Å². The highest BCUT2D eigenvalue weighted by molar-refractivity contribution is 6.34. The SMILES string of the molecule is O=C(O)N1CC2(CCNCC2)C1Cc1cc(Cl)cc(Cl)c1. The van der Waals surface area contributed by atoms with Crippen molar-refractivity contribution in [2.24, 2.45) is 5.41 Å². The van der Waals surface area contributed by atoms with Gasteiger partial charge in [-0.1, -0.05) is 23.2 Å². The second-order valence-electron chi connectivity index (χ2n) is 6.02. The molecule has 1 amide bonds. The third-order valence-corrected chi connectivity index (χ3v) is 5.20. The van der Waals surface area contributed by atoms with Crippen molar-refractivity contribution >= 4 is 29.3 Å². The van der Waals surface area contributed by atoms with Crippen molar-refractivity contribution < 1.29 is 9.90 Å². The normalized spacial score (nSPS) is 23.9. The maximum atomic E-state index is 11.4. The molecule has 1 atom stereocenters. The van der Waals surface area contributed by atoms with Crippen LogP contribution in [0.3, 0.4) is 0 Å². The zero-order valence-corrected chi connectivity index (χ0v) is 13.1. The molecule has 2 aliphatic heterocycles. The summed E-state index contributed by atoms with van der Waals surface area (Å²) in [7, 11) is 0. The molecule has 2 N–H and O–H groups in total. The average molecular weight is 329 g/mol. The van der Waals surface area contributed by atoms with E-state index in [1.807, 2.05) is 12.1 Å². The summed E-state index contributed by atoms with van der Waals surface area (Å²) in [4.78, 5) is 13.0. The molecule has 2 saturated heterocycles. The molecular formula is C15H18Cl2N2O2. The highest BCUT2D eigenvalue weighted by Crippen LogP contribution is 2.46. The number of halogens is 2. The molecule has 0 radical (unpaired) electrons. The number of rotatable bonds is 2. The van der Waals surface area contributed by atoms with Crippen LogP contribution < -0.4 is 5.32 Å². The minimum Gasteiger partial charge on any atom is -0.465 e. The summed E-state index contributed by atoms with van der Waals surface area (Å²) >= 11 is 12.1. The molecular weight excluding hydrogens is 311 g/mol. The molecule has 3 rings (SSSR count). The molecule has 2 fully saturated rings. The molecule has 21 heavy (non-hydrogen) atoms. The number of amides is 1. The molecule has 4 nitrogen and oxygen atoms in total. The maximum Gasteiger partial charge on any atom is 0.407 e. The summed E-state index contributed by atoms with van der Waals surface area (Å²) < 4.78 is 0. The van der Waals surface area contributed by atoms with E-state index in [0.29, 0.717) is 23.0 Å². The quantitative estimate of drug-likeness (QED) is 0.876. The summed E-state index contributed by atoms with van der Waals surface area (Å²) in [6.07, 6.45) is 1.88. The van der Waals surface area contributed by atoms with Gasteiger partial charge in [0.25, 0.3) is 0 Å². The van der Waals surface area contributed by atoms with E-state index in [-0.39, 0.29) is 11.5 Å². The van der Waals surface area contributed by atoms with Gasteiger partial charge in [0, 0.05) is 28.0 Å². The van der Waals surface area contributed by atoms with Crippen molar-refractivity contribution in [3.05, 3.63) is 33.8 Å². The summed E-state index contributed by atoms with van der Waals surface area (Å²) in [6.45, 7) is 2.56. The van der Waals surface area contributed by atoms with Crippen LogP contribution >= 0.6 is 23.2 Å². The Hall–Kier alpha value is -0.970. The number of carbonyl (C=O) groups is 1. The summed E-state index contributed by atoms with van der Waals surface area (Å²) in [6, 6.07) is 5.47. The van der Waals surface area contributed by atoms with Gasteiger partial charge in [0.2, 0.25) is 0 Å². The number of hydrogen-bond donors (Lipinski definition) is 2. The van der Waals surface area contributed by atoms with Gasteiger partial charge >= 0.3 is 6.09 Å². The molecule has 2 heterocycles. The first-order valence-corrected chi connectivity index (χ1v) is 7.91. The lowest BCUT2D eigenvalue weighted by molar-refractivity contribution is -0.0741. The Labute approximate surface area is 134 Å². The van der Waals surface area contributed by atoms with Gasteiger partial charge in [0.1, 0.15) is 0 Å². The highest BCUT2D eigenvalue weighted by atomic mass is 35.5. The van der Waals surface area contributed by atoms with Gasteiger partial charge in [-0.2, -0.15) is 0 Å². The van der Waals surface area contributed by atoms with Gasteiger partial charge in [-0.3, -0.25) is 0 Å². The molecule has 2 aliphatic rings. The van der Waals surface area contributed by atoms with E-state index in [2.05, 4.69) is 5.32 Å². The average Bonchev–Trinajstić information content (AvgIpc) is 2.42. The van der Waals surface area contributed by atoms with Crippen LogP contribution in [0.15, 0.2) is 18.2 Å². The zero-order valence-electron chi connectivity index (χ0n) is 11.6.